The van der Waals surface area contributed by atoms with Gasteiger partial charge in [-0.15, -0.1) is 11.3 Å². The average molecular weight is 309 g/mol. The van der Waals surface area contributed by atoms with Crippen LogP contribution < -0.4 is 4.90 Å². The van der Waals surface area contributed by atoms with Crippen molar-refractivity contribution in [3.05, 3.63) is 11.1 Å². The molecule has 0 bridgehead atoms. The number of carbonyl (C=O) groups is 1. The zero-order valence-electron chi connectivity index (χ0n) is 12.5. The summed E-state index contributed by atoms with van der Waals surface area (Å²) in [6.45, 7) is 5.11. The van der Waals surface area contributed by atoms with E-state index in [1.807, 2.05) is 11.1 Å². The van der Waals surface area contributed by atoms with Crippen LogP contribution in [0.1, 0.15) is 37.5 Å². The van der Waals surface area contributed by atoms with E-state index in [-0.39, 0.29) is 5.91 Å². The highest BCUT2D eigenvalue weighted by Gasteiger charge is 2.42. The Hall–Kier alpha value is -1.14. The maximum atomic E-state index is 12.5. The predicted octanol–water partition coefficient (Wildman–Crippen LogP) is 1.66. The molecule has 1 N–H and O–H groups in total. The quantitative estimate of drug-likeness (QED) is 0.922. The molecular formula is C15H23N3O2S. The predicted molar refractivity (Wildman–Crippen MR) is 83.7 cm³/mol. The second kappa shape index (κ2) is 5.93. The van der Waals surface area contributed by atoms with E-state index in [1.54, 1.807) is 11.3 Å². The number of aromatic nitrogens is 1. The first-order valence-corrected chi connectivity index (χ1v) is 8.65. The summed E-state index contributed by atoms with van der Waals surface area (Å²) in [6, 6.07) is 0. The van der Waals surface area contributed by atoms with E-state index in [1.165, 1.54) is 4.88 Å². The SMILES string of the molecule is CCc1cnc(N2CCN(C(=O)C3(O)CCCC3)CC2)s1. The molecule has 0 radical (unpaired) electrons. The van der Waals surface area contributed by atoms with Crippen LogP contribution in [-0.4, -0.2) is 52.7 Å². The number of carbonyl (C=O) groups excluding carboxylic acids is 1. The van der Waals surface area contributed by atoms with Crippen LogP contribution >= 0.6 is 11.3 Å². The van der Waals surface area contributed by atoms with Crippen molar-refractivity contribution in [1.82, 2.24) is 9.88 Å². The molecule has 5 nitrogen and oxygen atoms in total. The standard InChI is InChI=1S/C15H23N3O2S/c1-2-12-11-16-14(21-12)18-9-7-17(8-10-18)13(19)15(20)5-3-4-6-15/h11,20H,2-10H2,1H3. The summed E-state index contributed by atoms with van der Waals surface area (Å²) in [4.78, 5) is 22.3. The number of anilines is 1. The minimum absolute atomic E-state index is 0.0620. The molecule has 1 aliphatic carbocycles. The molecule has 1 saturated heterocycles. The maximum Gasteiger partial charge on any atom is 0.254 e. The van der Waals surface area contributed by atoms with Crippen molar-refractivity contribution in [2.24, 2.45) is 0 Å². The van der Waals surface area contributed by atoms with Gasteiger partial charge < -0.3 is 14.9 Å². The molecule has 116 valence electrons. The molecule has 1 amide bonds. The normalized spacial score (nSPS) is 21.8. The van der Waals surface area contributed by atoms with E-state index in [0.29, 0.717) is 25.9 Å². The smallest absolute Gasteiger partial charge is 0.254 e. The van der Waals surface area contributed by atoms with Crippen LogP contribution in [0.5, 0.6) is 0 Å². The fraction of sp³-hybridized carbons (Fsp3) is 0.733. The van der Waals surface area contributed by atoms with Crippen molar-refractivity contribution in [3.8, 4) is 0 Å². The fourth-order valence-corrected chi connectivity index (χ4v) is 4.08. The van der Waals surface area contributed by atoms with Crippen molar-refractivity contribution < 1.29 is 9.90 Å². The van der Waals surface area contributed by atoms with Crippen LogP contribution in [0.4, 0.5) is 5.13 Å². The van der Waals surface area contributed by atoms with Crippen LogP contribution in [0.15, 0.2) is 6.20 Å². The number of hydrogen-bond donors (Lipinski definition) is 1. The second-order valence-electron chi connectivity index (χ2n) is 5.98. The van der Waals surface area contributed by atoms with Gasteiger partial charge in [0.25, 0.3) is 5.91 Å². The van der Waals surface area contributed by atoms with Gasteiger partial charge in [-0.05, 0) is 32.1 Å². The second-order valence-corrected chi connectivity index (χ2v) is 7.07. The summed E-state index contributed by atoms with van der Waals surface area (Å²) in [6.07, 6.45) is 6.13. The number of aryl methyl sites for hydroxylation is 1. The summed E-state index contributed by atoms with van der Waals surface area (Å²) in [7, 11) is 0. The first kappa shape index (κ1) is 14.8. The number of aliphatic hydroxyl groups is 1. The lowest BCUT2D eigenvalue weighted by atomic mass is 10.0. The lowest BCUT2D eigenvalue weighted by molar-refractivity contribution is -0.151. The van der Waals surface area contributed by atoms with Gasteiger partial charge in [-0.3, -0.25) is 4.79 Å². The molecule has 1 saturated carbocycles. The van der Waals surface area contributed by atoms with Gasteiger partial charge in [0.15, 0.2) is 5.13 Å². The van der Waals surface area contributed by atoms with Gasteiger partial charge in [0.1, 0.15) is 5.60 Å². The Bertz CT molecular complexity index is 503. The van der Waals surface area contributed by atoms with E-state index in [0.717, 1.165) is 37.5 Å². The van der Waals surface area contributed by atoms with Gasteiger partial charge in [-0.25, -0.2) is 4.98 Å². The largest absolute Gasteiger partial charge is 0.380 e. The van der Waals surface area contributed by atoms with Gasteiger partial charge in [-0.2, -0.15) is 0 Å². The molecule has 2 fully saturated rings. The van der Waals surface area contributed by atoms with Gasteiger partial charge in [0, 0.05) is 37.3 Å². The van der Waals surface area contributed by atoms with Crippen molar-refractivity contribution in [3.63, 3.8) is 0 Å². The van der Waals surface area contributed by atoms with Crippen LogP contribution in [0.25, 0.3) is 0 Å². The van der Waals surface area contributed by atoms with Crippen molar-refractivity contribution >= 4 is 22.4 Å². The lowest BCUT2D eigenvalue weighted by Crippen LogP contribution is -2.55. The monoisotopic (exact) mass is 309 g/mol. The highest BCUT2D eigenvalue weighted by molar-refractivity contribution is 7.15. The third-order valence-corrected chi connectivity index (χ3v) is 5.76. The minimum atomic E-state index is -1.08. The highest BCUT2D eigenvalue weighted by Crippen LogP contribution is 2.32. The summed E-state index contributed by atoms with van der Waals surface area (Å²) >= 11 is 1.74. The van der Waals surface area contributed by atoms with Crippen molar-refractivity contribution in [2.75, 3.05) is 31.1 Å². The number of hydrogen-bond acceptors (Lipinski definition) is 5. The summed E-state index contributed by atoms with van der Waals surface area (Å²) in [5.74, 6) is -0.0620. The Morgan fingerprint density at radius 1 is 1.33 bits per heavy atom. The Morgan fingerprint density at radius 2 is 2.00 bits per heavy atom. The minimum Gasteiger partial charge on any atom is -0.380 e. The highest BCUT2D eigenvalue weighted by atomic mass is 32.1. The van der Waals surface area contributed by atoms with E-state index in [2.05, 4.69) is 16.8 Å². The van der Waals surface area contributed by atoms with Crippen molar-refractivity contribution in [1.29, 1.82) is 0 Å². The number of nitrogens with zero attached hydrogens (tertiary/aromatic N) is 3. The molecule has 0 unspecified atom stereocenters. The molecule has 1 aliphatic heterocycles. The number of piperazine rings is 1. The van der Waals surface area contributed by atoms with Gasteiger partial charge in [0.2, 0.25) is 0 Å². The van der Waals surface area contributed by atoms with E-state index in [4.69, 9.17) is 0 Å². The van der Waals surface area contributed by atoms with E-state index < -0.39 is 5.60 Å². The average Bonchev–Trinajstić information content (AvgIpc) is 3.16. The van der Waals surface area contributed by atoms with E-state index >= 15 is 0 Å². The Kier molecular flexibility index (Phi) is 4.17. The van der Waals surface area contributed by atoms with Gasteiger partial charge in [-0.1, -0.05) is 6.92 Å². The van der Waals surface area contributed by atoms with Crippen LogP contribution in [-0.2, 0) is 11.2 Å². The lowest BCUT2D eigenvalue weighted by Gasteiger charge is -2.37. The maximum absolute atomic E-state index is 12.5. The van der Waals surface area contributed by atoms with Crippen LogP contribution in [0.2, 0.25) is 0 Å². The fourth-order valence-electron chi connectivity index (χ4n) is 3.18. The topological polar surface area (TPSA) is 56.7 Å². The third-order valence-electron chi connectivity index (χ3n) is 4.56. The van der Waals surface area contributed by atoms with Crippen molar-refractivity contribution in [2.45, 2.75) is 44.6 Å². The Morgan fingerprint density at radius 3 is 2.57 bits per heavy atom. The molecule has 1 aromatic heterocycles. The Balaban J connectivity index is 1.58. The molecule has 2 heterocycles. The molecule has 0 aromatic carbocycles. The molecule has 6 heteroatoms. The van der Waals surface area contributed by atoms with Crippen LogP contribution in [0, 0.1) is 0 Å². The molecular weight excluding hydrogens is 286 g/mol. The summed E-state index contributed by atoms with van der Waals surface area (Å²) < 4.78 is 0. The van der Waals surface area contributed by atoms with Crippen LogP contribution in [0.3, 0.4) is 0 Å². The first-order valence-electron chi connectivity index (χ1n) is 7.84. The van der Waals surface area contributed by atoms with Gasteiger partial charge in [0.05, 0.1) is 0 Å². The zero-order valence-corrected chi connectivity index (χ0v) is 13.4. The van der Waals surface area contributed by atoms with E-state index in [9.17, 15) is 9.90 Å². The Labute approximate surface area is 129 Å². The molecule has 0 atom stereocenters. The summed E-state index contributed by atoms with van der Waals surface area (Å²) in [5.41, 5.74) is -1.08. The molecule has 0 spiro atoms. The number of rotatable bonds is 3. The number of thiazole rings is 1. The van der Waals surface area contributed by atoms with Gasteiger partial charge >= 0.3 is 0 Å². The molecule has 3 rings (SSSR count). The molecule has 2 aliphatic rings. The first-order chi connectivity index (χ1) is 10.1. The zero-order chi connectivity index (χ0) is 14.9. The molecule has 1 aromatic rings. The summed E-state index contributed by atoms with van der Waals surface area (Å²) in [5, 5.41) is 11.5. The molecule has 21 heavy (non-hydrogen) atoms. The number of amides is 1. The third kappa shape index (κ3) is 2.92.